The van der Waals surface area contributed by atoms with Crippen LogP contribution < -0.4 is 19.9 Å². The number of carbonyl (C=O) groups excluding carboxylic acids is 1. The number of aryl methyl sites for hydroxylation is 2. The number of thiocarbonyl (C=S) groups is 1. The molecule has 1 aliphatic carbocycles. The summed E-state index contributed by atoms with van der Waals surface area (Å²) in [6, 6.07) is 15.0. The van der Waals surface area contributed by atoms with Gasteiger partial charge in [-0.1, -0.05) is 60.0 Å². The van der Waals surface area contributed by atoms with Crippen LogP contribution in [0.4, 0.5) is 5.69 Å². The fourth-order valence-corrected chi connectivity index (χ4v) is 8.38. The minimum absolute atomic E-state index is 0.0377. The highest BCUT2D eigenvalue weighted by Gasteiger charge is 2.33. The largest absolute Gasteiger partial charge is 0.493 e. The number of hydrogen-bond donors (Lipinski definition) is 0. The van der Waals surface area contributed by atoms with E-state index in [0.29, 0.717) is 38.2 Å². The van der Waals surface area contributed by atoms with Crippen molar-refractivity contribution in [2.24, 2.45) is 7.05 Å². The first-order chi connectivity index (χ1) is 19.9. The smallest absolute Gasteiger partial charge is 0.270 e. The van der Waals surface area contributed by atoms with E-state index in [1.54, 1.807) is 35.0 Å². The molecule has 3 heterocycles. The highest BCUT2D eigenvalue weighted by Crippen LogP contribution is 2.38. The number of thioether (sulfide) groups is 2. The highest BCUT2D eigenvalue weighted by atomic mass is 32.2. The summed E-state index contributed by atoms with van der Waals surface area (Å²) in [5, 5.41) is 1.50. The van der Waals surface area contributed by atoms with E-state index in [0.717, 1.165) is 40.7 Å². The van der Waals surface area contributed by atoms with Crippen molar-refractivity contribution >= 4 is 79.3 Å². The number of anilines is 1. The Bertz CT molecular complexity index is 1750. The number of methoxy groups -OCH3 is 1. The third kappa shape index (κ3) is 5.55. The van der Waals surface area contributed by atoms with Gasteiger partial charge in [-0.2, -0.15) is 0 Å². The maximum atomic E-state index is 13.1. The first kappa shape index (κ1) is 28.0. The van der Waals surface area contributed by atoms with E-state index in [-0.39, 0.29) is 11.5 Å². The van der Waals surface area contributed by atoms with Crippen LogP contribution in [0.15, 0.2) is 63.4 Å². The van der Waals surface area contributed by atoms with Gasteiger partial charge >= 0.3 is 0 Å². The van der Waals surface area contributed by atoms with Gasteiger partial charge in [0.25, 0.3) is 11.5 Å². The van der Waals surface area contributed by atoms with Gasteiger partial charge < -0.3 is 9.47 Å². The summed E-state index contributed by atoms with van der Waals surface area (Å²) in [6.45, 7) is 0.408. The number of amides is 1. The SMILES string of the molecule is COc1cc(C=C2SC(=S)N(c3ccccc3)C2=O)ccc1OCCSc1nc2sc3c(c2c(=O)n1C)CCCC3. The predicted octanol–water partition coefficient (Wildman–Crippen LogP) is 6.46. The Morgan fingerprint density at radius 2 is 1.90 bits per heavy atom. The van der Waals surface area contributed by atoms with Crippen molar-refractivity contribution in [3.8, 4) is 11.5 Å². The Morgan fingerprint density at radius 3 is 2.71 bits per heavy atom. The number of rotatable bonds is 8. The molecule has 0 unspecified atom stereocenters. The summed E-state index contributed by atoms with van der Waals surface area (Å²) < 4.78 is 13.8. The normalized spacial score (nSPS) is 16.0. The third-order valence-corrected chi connectivity index (χ3v) is 10.5. The molecule has 0 spiro atoms. The van der Waals surface area contributed by atoms with Crippen molar-refractivity contribution in [3.05, 3.63) is 79.8 Å². The first-order valence-corrected chi connectivity index (χ1v) is 16.2. The van der Waals surface area contributed by atoms with E-state index >= 15 is 0 Å². The van der Waals surface area contributed by atoms with Crippen LogP contribution in [0.3, 0.4) is 0 Å². The second kappa shape index (κ2) is 12.0. The molecular formula is C30H27N3O4S4. The summed E-state index contributed by atoms with van der Waals surface area (Å²) in [7, 11) is 3.38. The molecule has 6 rings (SSSR count). The number of nitrogens with zero attached hydrogens (tertiary/aromatic N) is 3. The second-order valence-corrected chi connectivity index (χ2v) is 13.4. The van der Waals surface area contributed by atoms with Gasteiger partial charge in [-0.15, -0.1) is 11.3 Å². The maximum Gasteiger partial charge on any atom is 0.270 e. The molecule has 1 aliphatic heterocycles. The standard InChI is InChI=1S/C30H27N3O4S4/c1-32-28(35)25-20-10-6-7-11-23(20)40-26(25)31-29(32)39-15-14-37-21-13-12-18(16-22(21)36-2)17-24-27(34)33(30(38)41-24)19-8-4-3-5-9-19/h3-5,8-9,12-13,16-17H,6-7,10-11,14-15H2,1-2H3. The van der Waals surface area contributed by atoms with E-state index in [4.69, 9.17) is 26.7 Å². The molecule has 0 radical (unpaired) electrons. The van der Waals surface area contributed by atoms with Gasteiger partial charge in [0, 0.05) is 17.7 Å². The average molecular weight is 622 g/mol. The Hall–Kier alpha value is -3.12. The Labute approximate surface area is 255 Å². The highest BCUT2D eigenvalue weighted by molar-refractivity contribution is 8.27. The van der Waals surface area contributed by atoms with E-state index in [1.807, 2.05) is 54.6 Å². The van der Waals surface area contributed by atoms with E-state index in [2.05, 4.69) is 0 Å². The molecule has 0 N–H and O–H groups in total. The second-order valence-electron chi connectivity index (χ2n) is 9.61. The van der Waals surface area contributed by atoms with Crippen molar-refractivity contribution in [2.45, 2.75) is 30.8 Å². The van der Waals surface area contributed by atoms with Gasteiger partial charge in [-0.25, -0.2) is 4.98 Å². The molecule has 0 atom stereocenters. The number of aromatic nitrogens is 2. The molecule has 0 saturated carbocycles. The maximum absolute atomic E-state index is 13.1. The quantitative estimate of drug-likeness (QED) is 0.0730. The number of ether oxygens (including phenoxy) is 2. The zero-order valence-electron chi connectivity index (χ0n) is 22.5. The van der Waals surface area contributed by atoms with Crippen molar-refractivity contribution in [1.82, 2.24) is 9.55 Å². The topological polar surface area (TPSA) is 73.7 Å². The molecule has 0 bridgehead atoms. The van der Waals surface area contributed by atoms with Gasteiger partial charge in [0.1, 0.15) is 4.83 Å². The monoisotopic (exact) mass is 621 g/mol. The van der Waals surface area contributed by atoms with Crippen LogP contribution in [0.5, 0.6) is 11.5 Å². The van der Waals surface area contributed by atoms with Crippen LogP contribution in [-0.4, -0.2) is 39.2 Å². The van der Waals surface area contributed by atoms with E-state index in [9.17, 15) is 9.59 Å². The number of hydrogen-bond acceptors (Lipinski definition) is 9. The van der Waals surface area contributed by atoms with Gasteiger partial charge in [0.15, 0.2) is 21.0 Å². The summed E-state index contributed by atoms with van der Waals surface area (Å²) in [5.41, 5.74) is 2.81. The number of carbonyl (C=O) groups is 1. The average Bonchev–Trinajstić information content (AvgIpc) is 3.50. The molecule has 1 amide bonds. The van der Waals surface area contributed by atoms with Crippen molar-refractivity contribution in [3.63, 3.8) is 0 Å². The Morgan fingerprint density at radius 1 is 1.10 bits per heavy atom. The number of thiophene rings is 1. The number of para-hydroxylation sites is 1. The van der Waals surface area contributed by atoms with Gasteiger partial charge in [-0.3, -0.25) is 19.1 Å². The lowest BCUT2D eigenvalue weighted by atomic mass is 9.97. The van der Waals surface area contributed by atoms with Crippen LogP contribution in [0.1, 0.15) is 28.8 Å². The molecule has 210 valence electrons. The van der Waals surface area contributed by atoms with Gasteiger partial charge in [0.2, 0.25) is 0 Å². The molecule has 1 saturated heterocycles. The van der Waals surface area contributed by atoms with Crippen molar-refractivity contribution < 1.29 is 14.3 Å². The summed E-state index contributed by atoms with van der Waals surface area (Å²) in [6.07, 6.45) is 6.14. The fourth-order valence-electron chi connectivity index (χ4n) is 4.99. The lowest BCUT2D eigenvalue weighted by Crippen LogP contribution is -2.27. The minimum atomic E-state index is -0.147. The number of benzene rings is 2. The first-order valence-electron chi connectivity index (χ1n) is 13.2. The lowest BCUT2D eigenvalue weighted by molar-refractivity contribution is -0.113. The van der Waals surface area contributed by atoms with Gasteiger partial charge in [0.05, 0.1) is 29.7 Å². The van der Waals surface area contributed by atoms with Crippen LogP contribution in [-0.2, 0) is 24.7 Å². The zero-order chi connectivity index (χ0) is 28.5. The zero-order valence-corrected chi connectivity index (χ0v) is 25.8. The third-order valence-electron chi connectivity index (χ3n) is 7.02. The van der Waals surface area contributed by atoms with Crippen LogP contribution in [0.2, 0.25) is 0 Å². The van der Waals surface area contributed by atoms with Gasteiger partial charge in [-0.05, 0) is 67.2 Å². The molecule has 4 aromatic rings. The number of fused-ring (bicyclic) bond motifs is 3. The molecule has 2 aromatic heterocycles. The van der Waals surface area contributed by atoms with Crippen LogP contribution in [0.25, 0.3) is 16.3 Å². The molecule has 7 nitrogen and oxygen atoms in total. The molecule has 2 aliphatic rings. The van der Waals surface area contributed by atoms with Crippen molar-refractivity contribution in [1.29, 1.82) is 0 Å². The fraction of sp³-hybridized carbons (Fsp3) is 0.267. The minimum Gasteiger partial charge on any atom is -0.493 e. The predicted molar refractivity (Wildman–Crippen MR) is 173 cm³/mol. The van der Waals surface area contributed by atoms with Crippen LogP contribution >= 0.6 is 47.1 Å². The summed E-state index contributed by atoms with van der Waals surface area (Å²) >= 11 is 9.92. The van der Waals surface area contributed by atoms with Crippen molar-refractivity contribution in [2.75, 3.05) is 24.4 Å². The molecule has 1 fully saturated rings. The van der Waals surface area contributed by atoms with E-state index in [1.165, 1.54) is 40.4 Å². The van der Waals surface area contributed by atoms with Crippen LogP contribution in [0, 0.1) is 0 Å². The Balaban J connectivity index is 1.12. The summed E-state index contributed by atoms with van der Waals surface area (Å²) in [4.78, 5) is 35.3. The molecule has 11 heteroatoms. The molecule has 2 aromatic carbocycles. The van der Waals surface area contributed by atoms with E-state index < -0.39 is 0 Å². The lowest BCUT2D eigenvalue weighted by Gasteiger charge is -2.14. The molecule has 41 heavy (non-hydrogen) atoms. The Kier molecular flexibility index (Phi) is 8.21. The summed E-state index contributed by atoms with van der Waals surface area (Å²) in [5.74, 6) is 1.64. The molecular weight excluding hydrogens is 595 g/mol.